The molecule has 25 heavy (non-hydrogen) atoms. The Labute approximate surface area is 156 Å². The van der Waals surface area contributed by atoms with Gasteiger partial charge in [0.25, 0.3) is 5.91 Å². The number of carbonyl (C=O) groups excluding carboxylic acids is 1. The number of benzene rings is 1. The van der Waals surface area contributed by atoms with Crippen molar-refractivity contribution in [1.82, 2.24) is 9.88 Å². The Morgan fingerprint density at radius 3 is 2.84 bits per heavy atom. The second-order valence-corrected chi connectivity index (χ2v) is 8.34. The second-order valence-electron chi connectivity index (χ2n) is 6.40. The van der Waals surface area contributed by atoms with E-state index in [1.165, 1.54) is 16.9 Å². The summed E-state index contributed by atoms with van der Waals surface area (Å²) in [6.07, 6.45) is 3.09. The topological polar surface area (TPSA) is 33.2 Å². The highest BCUT2D eigenvalue weighted by Crippen LogP contribution is 2.33. The van der Waals surface area contributed by atoms with Gasteiger partial charge < -0.3 is 4.90 Å². The highest BCUT2D eigenvalue weighted by Gasteiger charge is 2.31. The third-order valence-electron chi connectivity index (χ3n) is 4.67. The molecule has 0 aliphatic carbocycles. The van der Waals surface area contributed by atoms with Gasteiger partial charge >= 0.3 is 0 Å². The minimum atomic E-state index is 0.149. The largest absolute Gasteiger partial charge is 0.335 e. The van der Waals surface area contributed by atoms with Gasteiger partial charge in [-0.1, -0.05) is 36.4 Å². The van der Waals surface area contributed by atoms with E-state index in [9.17, 15) is 4.79 Å². The molecule has 1 aliphatic heterocycles. The molecule has 3 nitrogen and oxygen atoms in total. The molecule has 128 valence electrons. The van der Waals surface area contributed by atoms with Gasteiger partial charge in [-0.3, -0.25) is 4.79 Å². The maximum Gasteiger partial charge on any atom is 0.266 e. The molecule has 1 fully saturated rings. The number of thiophene rings is 1. The van der Waals surface area contributed by atoms with Gasteiger partial charge in [0, 0.05) is 12.6 Å². The molecule has 2 aromatic heterocycles. The van der Waals surface area contributed by atoms with Crippen LogP contribution in [-0.4, -0.2) is 28.4 Å². The van der Waals surface area contributed by atoms with Crippen LogP contribution >= 0.6 is 22.7 Å². The van der Waals surface area contributed by atoms with Crippen molar-refractivity contribution in [2.24, 2.45) is 0 Å². The Bertz CT molecular complexity index is 855. The van der Waals surface area contributed by atoms with Crippen LogP contribution in [0.2, 0.25) is 0 Å². The van der Waals surface area contributed by atoms with Gasteiger partial charge in [0.05, 0.1) is 10.6 Å². The predicted molar refractivity (Wildman–Crippen MR) is 104 cm³/mol. The molecule has 1 aromatic carbocycles. The number of aryl methyl sites for hydroxylation is 1. The lowest BCUT2D eigenvalue weighted by atomic mass is 10.0. The monoisotopic (exact) mass is 368 g/mol. The van der Waals surface area contributed by atoms with Gasteiger partial charge in [-0.2, -0.15) is 0 Å². The Hall–Kier alpha value is -1.98. The minimum Gasteiger partial charge on any atom is -0.335 e. The summed E-state index contributed by atoms with van der Waals surface area (Å²) >= 11 is 3.20. The zero-order valence-corrected chi connectivity index (χ0v) is 15.8. The predicted octanol–water partition coefficient (Wildman–Crippen LogP) is 5.03. The molecule has 1 unspecified atom stereocenters. The number of aromatic nitrogens is 1. The molecule has 4 rings (SSSR count). The van der Waals surface area contributed by atoms with Gasteiger partial charge in [0.2, 0.25) is 0 Å². The van der Waals surface area contributed by atoms with E-state index in [0.29, 0.717) is 6.04 Å². The summed E-state index contributed by atoms with van der Waals surface area (Å²) in [5.74, 6) is 0.149. The second kappa shape index (κ2) is 7.10. The molecule has 3 heterocycles. The van der Waals surface area contributed by atoms with E-state index in [2.05, 4.69) is 40.2 Å². The third kappa shape index (κ3) is 3.39. The van der Waals surface area contributed by atoms with E-state index in [1.54, 1.807) is 11.3 Å². The SMILES string of the molecule is Cc1nc(-c2cccs2)sc1C(=O)N1CCCC1Cc1ccccc1. The Morgan fingerprint density at radius 2 is 2.08 bits per heavy atom. The molecule has 0 bridgehead atoms. The summed E-state index contributed by atoms with van der Waals surface area (Å²) in [5.41, 5.74) is 2.15. The first kappa shape index (κ1) is 16.5. The highest BCUT2D eigenvalue weighted by atomic mass is 32.1. The standard InChI is InChI=1S/C20H20N2OS2/c1-14-18(25-19(21-14)17-10-6-12-24-17)20(23)22-11-5-9-16(22)13-15-7-3-2-4-8-15/h2-4,6-8,10,12,16H,5,9,11,13H2,1H3. The average Bonchev–Trinajstić information content (AvgIpc) is 3.35. The van der Waals surface area contributed by atoms with Crippen LogP contribution in [0.1, 0.15) is 33.8 Å². The van der Waals surface area contributed by atoms with Crippen LogP contribution in [0.4, 0.5) is 0 Å². The molecule has 0 radical (unpaired) electrons. The molecule has 0 N–H and O–H groups in total. The lowest BCUT2D eigenvalue weighted by Gasteiger charge is -2.24. The van der Waals surface area contributed by atoms with Crippen LogP contribution in [0.15, 0.2) is 47.8 Å². The van der Waals surface area contributed by atoms with Crippen molar-refractivity contribution in [2.75, 3.05) is 6.54 Å². The normalized spacial score (nSPS) is 17.2. The first-order chi connectivity index (χ1) is 12.2. The molecule has 0 spiro atoms. The highest BCUT2D eigenvalue weighted by molar-refractivity contribution is 7.22. The zero-order valence-electron chi connectivity index (χ0n) is 14.1. The van der Waals surface area contributed by atoms with E-state index in [4.69, 9.17) is 0 Å². The van der Waals surface area contributed by atoms with Crippen molar-refractivity contribution >= 4 is 28.6 Å². The zero-order chi connectivity index (χ0) is 17.2. The van der Waals surface area contributed by atoms with Crippen molar-refractivity contribution in [2.45, 2.75) is 32.2 Å². The number of amides is 1. The Kier molecular flexibility index (Phi) is 4.68. The summed E-state index contributed by atoms with van der Waals surface area (Å²) < 4.78 is 0. The van der Waals surface area contributed by atoms with Crippen LogP contribution in [0.3, 0.4) is 0 Å². The molecule has 5 heteroatoms. The van der Waals surface area contributed by atoms with E-state index in [-0.39, 0.29) is 5.91 Å². The molecule has 1 saturated heterocycles. The van der Waals surface area contributed by atoms with E-state index >= 15 is 0 Å². The Morgan fingerprint density at radius 1 is 1.24 bits per heavy atom. The number of likely N-dealkylation sites (tertiary alicyclic amines) is 1. The molecule has 1 aliphatic rings. The summed E-state index contributed by atoms with van der Waals surface area (Å²) in [4.78, 5) is 21.8. The fourth-order valence-electron chi connectivity index (χ4n) is 3.43. The number of hydrogen-bond donors (Lipinski definition) is 0. The fourth-order valence-corrected chi connectivity index (χ4v) is 5.25. The van der Waals surface area contributed by atoms with Crippen molar-refractivity contribution in [3.63, 3.8) is 0 Å². The minimum absolute atomic E-state index is 0.149. The molecular formula is C20H20N2OS2. The number of carbonyl (C=O) groups is 1. The Balaban J connectivity index is 1.55. The number of thiazole rings is 1. The fraction of sp³-hybridized carbons (Fsp3) is 0.300. The van der Waals surface area contributed by atoms with Crippen molar-refractivity contribution in [3.8, 4) is 9.88 Å². The number of nitrogens with zero attached hydrogens (tertiary/aromatic N) is 2. The van der Waals surface area contributed by atoms with Crippen molar-refractivity contribution < 1.29 is 4.79 Å². The van der Waals surface area contributed by atoms with Gasteiger partial charge in [-0.15, -0.1) is 22.7 Å². The van der Waals surface area contributed by atoms with Crippen LogP contribution in [0.5, 0.6) is 0 Å². The quantitative estimate of drug-likeness (QED) is 0.647. The maximum absolute atomic E-state index is 13.2. The van der Waals surface area contributed by atoms with Gasteiger partial charge in [0.1, 0.15) is 9.88 Å². The van der Waals surface area contributed by atoms with Crippen LogP contribution in [-0.2, 0) is 6.42 Å². The van der Waals surface area contributed by atoms with Gasteiger partial charge in [0.15, 0.2) is 0 Å². The van der Waals surface area contributed by atoms with E-state index < -0.39 is 0 Å². The molecule has 0 saturated carbocycles. The van der Waals surface area contributed by atoms with E-state index in [0.717, 1.165) is 46.3 Å². The molecule has 1 atom stereocenters. The van der Waals surface area contributed by atoms with Crippen LogP contribution in [0, 0.1) is 6.92 Å². The van der Waals surface area contributed by atoms with Gasteiger partial charge in [-0.05, 0) is 43.2 Å². The summed E-state index contributed by atoms with van der Waals surface area (Å²) in [7, 11) is 0. The lowest BCUT2D eigenvalue weighted by Crippen LogP contribution is -2.36. The lowest BCUT2D eigenvalue weighted by molar-refractivity contribution is 0.0740. The summed E-state index contributed by atoms with van der Waals surface area (Å²) in [5, 5.41) is 3.00. The number of hydrogen-bond acceptors (Lipinski definition) is 4. The van der Waals surface area contributed by atoms with Gasteiger partial charge in [-0.25, -0.2) is 4.98 Å². The molecular weight excluding hydrogens is 348 g/mol. The van der Waals surface area contributed by atoms with Crippen LogP contribution < -0.4 is 0 Å². The summed E-state index contributed by atoms with van der Waals surface area (Å²) in [6.45, 7) is 2.80. The van der Waals surface area contributed by atoms with Crippen molar-refractivity contribution in [3.05, 3.63) is 64.0 Å². The van der Waals surface area contributed by atoms with E-state index in [1.807, 2.05) is 24.4 Å². The maximum atomic E-state index is 13.2. The first-order valence-electron chi connectivity index (χ1n) is 8.58. The molecule has 1 amide bonds. The van der Waals surface area contributed by atoms with Crippen LogP contribution in [0.25, 0.3) is 9.88 Å². The molecule has 3 aromatic rings. The third-order valence-corrected chi connectivity index (χ3v) is 6.86. The summed E-state index contributed by atoms with van der Waals surface area (Å²) in [6, 6.07) is 14.8. The average molecular weight is 369 g/mol. The first-order valence-corrected chi connectivity index (χ1v) is 10.3. The van der Waals surface area contributed by atoms with Crippen molar-refractivity contribution in [1.29, 1.82) is 0 Å². The number of rotatable bonds is 4. The smallest absolute Gasteiger partial charge is 0.266 e.